The number of anilines is 1. The number of hydrogen-bond acceptors (Lipinski definition) is 4. The number of nitrogens with zero attached hydrogens (tertiary/aromatic N) is 2. The molecule has 1 aromatic heterocycles. The molecule has 0 aliphatic carbocycles. The van der Waals surface area contributed by atoms with Crippen LogP contribution in [0.3, 0.4) is 0 Å². The topological polar surface area (TPSA) is 42.1 Å². The molecule has 2 N–H and O–H groups in total. The fourth-order valence-electron chi connectivity index (χ4n) is 2.69. The second-order valence-corrected chi connectivity index (χ2v) is 6.48. The van der Waals surface area contributed by atoms with Crippen LogP contribution in [-0.2, 0) is 12.8 Å². The van der Waals surface area contributed by atoms with Gasteiger partial charge in [-0.2, -0.15) is 0 Å². The fraction of sp³-hybridized carbons (Fsp3) is 0.353. The highest BCUT2D eigenvalue weighted by Crippen LogP contribution is 2.24. The van der Waals surface area contributed by atoms with Gasteiger partial charge in [-0.3, -0.25) is 0 Å². The molecule has 0 fully saturated rings. The third kappa shape index (κ3) is 3.93. The van der Waals surface area contributed by atoms with Crippen LogP contribution in [0.25, 0.3) is 6.08 Å². The Morgan fingerprint density at radius 2 is 2.00 bits per heavy atom. The van der Waals surface area contributed by atoms with E-state index in [1.807, 2.05) is 6.07 Å². The van der Waals surface area contributed by atoms with Gasteiger partial charge in [0.15, 0.2) is 5.13 Å². The van der Waals surface area contributed by atoms with E-state index in [9.17, 15) is 0 Å². The molecule has 4 heteroatoms. The van der Waals surface area contributed by atoms with Crippen molar-refractivity contribution in [2.45, 2.75) is 19.3 Å². The summed E-state index contributed by atoms with van der Waals surface area (Å²) in [7, 11) is 0. The molecule has 0 saturated heterocycles. The first kappa shape index (κ1) is 14.3. The average Bonchev–Trinajstić information content (AvgIpc) is 2.76. The number of hydrogen-bond donors (Lipinski definition) is 1. The van der Waals surface area contributed by atoms with Crippen LogP contribution in [0.2, 0.25) is 0 Å². The molecule has 0 unspecified atom stereocenters. The van der Waals surface area contributed by atoms with Crippen LogP contribution in [0, 0.1) is 0 Å². The molecule has 1 aliphatic rings. The molecule has 0 bridgehead atoms. The van der Waals surface area contributed by atoms with E-state index in [0.717, 1.165) is 44.0 Å². The largest absolute Gasteiger partial charge is 0.375 e. The molecule has 3 rings (SSSR count). The van der Waals surface area contributed by atoms with Gasteiger partial charge in [0.1, 0.15) is 0 Å². The van der Waals surface area contributed by atoms with Crippen molar-refractivity contribution in [3.05, 3.63) is 52.5 Å². The van der Waals surface area contributed by atoms with Crippen molar-refractivity contribution in [1.82, 2.24) is 9.88 Å². The second kappa shape index (κ2) is 6.87. The van der Waals surface area contributed by atoms with Crippen molar-refractivity contribution in [3.8, 4) is 0 Å². The summed E-state index contributed by atoms with van der Waals surface area (Å²) in [6.45, 7) is 3.33. The van der Waals surface area contributed by atoms with Gasteiger partial charge < -0.3 is 10.6 Å². The summed E-state index contributed by atoms with van der Waals surface area (Å²) < 4.78 is 0. The summed E-state index contributed by atoms with van der Waals surface area (Å²) in [4.78, 5) is 8.35. The van der Waals surface area contributed by atoms with Gasteiger partial charge in [-0.15, -0.1) is 11.3 Å². The lowest BCUT2D eigenvalue weighted by atomic mass is 10.2. The van der Waals surface area contributed by atoms with E-state index in [1.165, 1.54) is 16.1 Å². The Balaban J connectivity index is 1.47. The minimum Gasteiger partial charge on any atom is -0.375 e. The van der Waals surface area contributed by atoms with E-state index in [2.05, 4.69) is 46.3 Å². The van der Waals surface area contributed by atoms with Crippen LogP contribution < -0.4 is 5.73 Å². The molecule has 0 amide bonds. The zero-order valence-corrected chi connectivity index (χ0v) is 13.0. The van der Waals surface area contributed by atoms with Crippen molar-refractivity contribution in [2.24, 2.45) is 0 Å². The van der Waals surface area contributed by atoms with Crippen molar-refractivity contribution in [2.75, 3.05) is 25.4 Å². The number of benzene rings is 1. The lowest BCUT2D eigenvalue weighted by Crippen LogP contribution is -2.27. The number of nitrogen functional groups attached to an aromatic ring is 1. The molecule has 0 atom stereocenters. The Morgan fingerprint density at radius 3 is 2.86 bits per heavy atom. The van der Waals surface area contributed by atoms with E-state index in [4.69, 9.17) is 5.73 Å². The molecular weight excluding hydrogens is 278 g/mol. The lowest BCUT2D eigenvalue weighted by Gasteiger charge is -2.18. The number of aromatic nitrogens is 1. The smallest absolute Gasteiger partial charge is 0.180 e. The monoisotopic (exact) mass is 299 g/mol. The fourth-order valence-corrected chi connectivity index (χ4v) is 3.56. The highest BCUT2D eigenvalue weighted by Gasteiger charge is 2.16. The summed E-state index contributed by atoms with van der Waals surface area (Å²) in [6.07, 6.45) is 7.69. The number of fused-ring (bicyclic) bond motifs is 1. The molecule has 1 aromatic carbocycles. The molecule has 0 saturated carbocycles. The molecule has 0 radical (unpaired) electrons. The van der Waals surface area contributed by atoms with Crippen LogP contribution in [0.15, 0.2) is 36.4 Å². The average molecular weight is 299 g/mol. The van der Waals surface area contributed by atoms with Gasteiger partial charge in [0.05, 0.1) is 5.69 Å². The van der Waals surface area contributed by atoms with E-state index >= 15 is 0 Å². The first-order valence-corrected chi connectivity index (χ1v) is 8.31. The standard InChI is InChI=1S/C17H21N3S/c18-17-19-15-9-12-20(13-10-16(15)21-17)11-5-4-8-14-6-2-1-3-7-14/h1-4,6-8H,5,9-13H2,(H2,18,19)/b8-4+. The number of nitrogens with two attached hydrogens (primary N) is 1. The van der Waals surface area contributed by atoms with Crippen molar-refractivity contribution in [1.29, 1.82) is 0 Å². The third-order valence-electron chi connectivity index (χ3n) is 3.84. The Morgan fingerprint density at radius 1 is 1.19 bits per heavy atom. The molecule has 2 heterocycles. The molecule has 2 aromatic rings. The number of thiazole rings is 1. The Hall–Kier alpha value is -1.65. The van der Waals surface area contributed by atoms with Gasteiger partial charge in [-0.05, 0) is 18.4 Å². The summed E-state index contributed by atoms with van der Waals surface area (Å²) >= 11 is 1.66. The predicted octanol–water partition coefficient (Wildman–Crippen LogP) is 3.23. The van der Waals surface area contributed by atoms with E-state index in [1.54, 1.807) is 11.3 Å². The van der Waals surface area contributed by atoms with Gasteiger partial charge in [-0.1, -0.05) is 42.5 Å². The second-order valence-electron chi connectivity index (χ2n) is 5.37. The minimum atomic E-state index is 0.722. The Kier molecular flexibility index (Phi) is 4.68. The molecule has 3 nitrogen and oxygen atoms in total. The van der Waals surface area contributed by atoms with Crippen LogP contribution in [0.4, 0.5) is 5.13 Å². The van der Waals surface area contributed by atoms with E-state index < -0.39 is 0 Å². The van der Waals surface area contributed by atoms with Crippen molar-refractivity contribution < 1.29 is 0 Å². The normalized spacial score (nSPS) is 16.0. The molecular formula is C17H21N3S. The van der Waals surface area contributed by atoms with E-state index in [-0.39, 0.29) is 0 Å². The van der Waals surface area contributed by atoms with Gasteiger partial charge in [-0.25, -0.2) is 4.98 Å². The first-order chi connectivity index (χ1) is 10.3. The summed E-state index contributed by atoms with van der Waals surface area (Å²) in [5.41, 5.74) is 8.28. The van der Waals surface area contributed by atoms with Gasteiger partial charge in [0.2, 0.25) is 0 Å². The maximum atomic E-state index is 5.78. The van der Waals surface area contributed by atoms with Crippen LogP contribution in [-0.4, -0.2) is 29.5 Å². The number of rotatable bonds is 4. The van der Waals surface area contributed by atoms with Gasteiger partial charge in [0.25, 0.3) is 0 Å². The van der Waals surface area contributed by atoms with Crippen LogP contribution in [0.5, 0.6) is 0 Å². The van der Waals surface area contributed by atoms with Crippen molar-refractivity contribution in [3.63, 3.8) is 0 Å². The first-order valence-electron chi connectivity index (χ1n) is 7.49. The summed E-state index contributed by atoms with van der Waals surface area (Å²) in [5.74, 6) is 0. The third-order valence-corrected chi connectivity index (χ3v) is 4.82. The van der Waals surface area contributed by atoms with Crippen LogP contribution in [0.1, 0.15) is 22.6 Å². The SMILES string of the molecule is Nc1nc2c(s1)CCN(CC/C=C/c1ccccc1)CC2. The van der Waals surface area contributed by atoms with Gasteiger partial charge in [0, 0.05) is 30.9 Å². The highest BCUT2D eigenvalue weighted by atomic mass is 32.1. The Bertz CT molecular complexity index is 578. The minimum absolute atomic E-state index is 0.722. The van der Waals surface area contributed by atoms with Crippen LogP contribution >= 0.6 is 11.3 Å². The zero-order valence-electron chi connectivity index (χ0n) is 12.2. The van der Waals surface area contributed by atoms with E-state index in [0.29, 0.717) is 0 Å². The zero-order chi connectivity index (χ0) is 14.5. The van der Waals surface area contributed by atoms with Gasteiger partial charge >= 0.3 is 0 Å². The molecule has 21 heavy (non-hydrogen) atoms. The quantitative estimate of drug-likeness (QED) is 0.942. The Labute approximate surface area is 130 Å². The lowest BCUT2D eigenvalue weighted by molar-refractivity contribution is 0.293. The molecule has 110 valence electrons. The van der Waals surface area contributed by atoms with Crippen molar-refractivity contribution >= 4 is 22.5 Å². The maximum Gasteiger partial charge on any atom is 0.180 e. The maximum absolute atomic E-state index is 5.78. The highest BCUT2D eigenvalue weighted by molar-refractivity contribution is 7.15. The summed E-state index contributed by atoms with van der Waals surface area (Å²) in [5, 5.41) is 0.722. The predicted molar refractivity (Wildman–Crippen MR) is 90.5 cm³/mol. The molecule has 0 spiro atoms. The molecule has 1 aliphatic heterocycles. The summed E-state index contributed by atoms with van der Waals surface area (Å²) in [6, 6.07) is 10.5.